The third-order valence-electron chi connectivity index (χ3n) is 2.12. The summed E-state index contributed by atoms with van der Waals surface area (Å²) in [5.41, 5.74) is 0.992. The van der Waals surface area contributed by atoms with E-state index in [1.165, 1.54) is 0 Å². The van der Waals surface area contributed by atoms with Crippen molar-refractivity contribution >= 4 is 11.6 Å². The van der Waals surface area contributed by atoms with Crippen LogP contribution in [0.5, 0.6) is 0 Å². The molecule has 4 nitrogen and oxygen atoms in total. The predicted octanol–water partition coefficient (Wildman–Crippen LogP) is 1.26. The molecular formula is C9H17ClN4. The summed E-state index contributed by atoms with van der Waals surface area (Å²) in [5, 5.41) is 7.94. The Morgan fingerprint density at radius 2 is 2.29 bits per heavy atom. The molecule has 0 saturated heterocycles. The fourth-order valence-corrected chi connectivity index (χ4v) is 1.52. The Hall–Kier alpha value is -0.610. The molecule has 1 heterocycles. The first kappa shape index (κ1) is 11.5. The first-order chi connectivity index (χ1) is 6.63. The number of halogens is 1. The minimum atomic E-state index is 0.482. The fourth-order valence-electron chi connectivity index (χ4n) is 1.30. The average Bonchev–Trinajstić information content (AvgIpc) is 2.50. The van der Waals surface area contributed by atoms with E-state index in [0.29, 0.717) is 11.9 Å². The smallest absolute Gasteiger partial charge is 0.0967 e. The second-order valence-corrected chi connectivity index (χ2v) is 4.01. The van der Waals surface area contributed by atoms with E-state index in [2.05, 4.69) is 29.1 Å². The molecule has 1 rings (SSSR count). The molecular weight excluding hydrogens is 200 g/mol. The predicted molar refractivity (Wildman–Crippen MR) is 57.3 cm³/mol. The molecule has 0 aromatic carbocycles. The summed E-state index contributed by atoms with van der Waals surface area (Å²) in [7, 11) is 1.87. The van der Waals surface area contributed by atoms with Crippen LogP contribution >= 0.6 is 11.6 Å². The Labute approximate surface area is 89.8 Å². The fraction of sp³-hybridized carbons (Fsp3) is 0.778. The van der Waals surface area contributed by atoms with E-state index in [9.17, 15) is 0 Å². The van der Waals surface area contributed by atoms with Crippen molar-refractivity contribution < 1.29 is 0 Å². The SMILES string of the molecule is CC(C)N(CCCl)Cc1cn(C)nn1. The van der Waals surface area contributed by atoms with Gasteiger partial charge in [0, 0.05) is 38.3 Å². The van der Waals surface area contributed by atoms with E-state index in [0.717, 1.165) is 18.8 Å². The standard InChI is InChI=1S/C9H17ClN4/c1-8(2)14(5-4-10)7-9-6-13(3)12-11-9/h6,8H,4-5,7H2,1-3H3. The van der Waals surface area contributed by atoms with Gasteiger partial charge in [-0.05, 0) is 13.8 Å². The van der Waals surface area contributed by atoms with Gasteiger partial charge in [0.15, 0.2) is 0 Å². The van der Waals surface area contributed by atoms with Gasteiger partial charge in [-0.1, -0.05) is 5.21 Å². The molecule has 0 bridgehead atoms. The topological polar surface area (TPSA) is 34.0 Å². The van der Waals surface area contributed by atoms with Crippen LogP contribution in [0.1, 0.15) is 19.5 Å². The van der Waals surface area contributed by atoms with Crippen molar-refractivity contribution in [3.05, 3.63) is 11.9 Å². The molecule has 0 aliphatic rings. The zero-order chi connectivity index (χ0) is 10.6. The molecule has 0 saturated carbocycles. The van der Waals surface area contributed by atoms with Crippen LogP contribution < -0.4 is 0 Å². The number of nitrogens with zero attached hydrogens (tertiary/aromatic N) is 4. The molecule has 0 unspecified atom stereocenters. The van der Waals surface area contributed by atoms with Gasteiger partial charge in [0.25, 0.3) is 0 Å². The molecule has 0 amide bonds. The van der Waals surface area contributed by atoms with E-state index in [4.69, 9.17) is 11.6 Å². The van der Waals surface area contributed by atoms with E-state index < -0.39 is 0 Å². The molecule has 0 aliphatic heterocycles. The average molecular weight is 217 g/mol. The lowest BCUT2D eigenvalue weighted by Gasteiger charge is -2.24. The molecule has 5 heteroatoms. The summed E-state index contributed by atoms with van der Waals surface area (Å²) >= 11 is 5.73. The molecule has 0 atom stereocenters. The van der Waals surface area contributed by atoms with Gasteiger partial charge in [0.1, 0.15) is 0 Å². The Bertz CT molecular complexity index is 272. The normalized spacial score (nSPS) is 11.6. The van der Waals surface area contributed by atoms with Crippen molar-refractivity contribution in [1.29, 1.82) is 0 Å². The Morgan fingerprint density at radius 3 is 2.71 bits per heavy atom. The third kappa shape index (κ3) is 3.27. The number of rotatable bonds is 5. The zero-order valence-electron chi connectivity index (χ0n) is 8.94. The highest BCUT2D eigenvalue weighted by molar-refractivity contribution is 6.18. The molecule has 0 spiro atoms. The van der Waals surface area contributed by atoms with Crippen LogP contribution in [0.3, 0.4) is 0 Å². The van der Waals surface area contributed by atoms with Crippen molar-refractivity contribution in [2.75, 3.05) is 12.4 Å². The van der Waals surface area contributed by atoms with Crippen LogP contribution in [0.25, 0.3) is 0 Å². The third-order valence-corrected chi connectivity index (χ3v) is 2.29. The van der Waals surface area contributed by atoms with Gasteiger partial charge in [0.05, 0.1) is 5.69 Å². The zero-order valence-corrected chi connectivity index (χ0v) is 9.70. The minimum absolute atomic E-state index is 0.482. The minimum Gasteiger partial charge on any atom is -0.294 e. The van der Waals surface area contributed by atoms with E-state index in [-0.39, 0.29) is 0 Å². The summed E-state index contributed by atoms with van der Waals surface area (Å²) in [6.07, 6.45) is 1.93. The van der Waals surface area contributed by atoms with Crippen LogP contribution in [0.2, 0.25) is 0 Å². The Kier molecular flexibility index (Phi) is 4.35. The van der Waals surface area contributed by atoms with E-state index in [1.807, 2.05) is 13.2 Å². The number of aryl methyl sites for hydroxylation is 1. The van der Waals surface area contributed by atoms with Gasteiger partial charge in [-0.2, -0.15) is 0 Å². The second kappa shape index (κ2) is 5.32. The second-order valence-electron chi connectivity index (χ2n) is 3.64. The maximum Gasteiger partial charge on any atom is 0.0967 e. The summed E-state index contributed by atoms with van der Waals surface area (Å²) in [6.45, 7) is 6.01. The monoisotopic (exact) mass is 216 g/mol. The van der Waals surface area contributed by atoms with Crippen molar-refractivity contribution in [3.63, 3.8) is 0 Å². The molecule has 80 valence electrons. The van der Waals surface area contributed by atoms with Crippen molar-refractivity contribution in [2.24, 2.45) is 7.05 Å². The maximum absolute atomic E-state index is 5.73. The quantitative estimate of drug-likeness (QED) is 0.696. The van der Waals surface area contributed by atoms with E-state index in [1.54, 1.807) is 4.68 Å². The van der Waals surface area contributed by atoms with Crippen molar-refractivity contribution in [3.8, 4) is 0 Å². The van der Waals surface area contributed by atoms with Gasteiger partial charge >= 0.3 is 0 Å². The van der Waals surface area contributed by atoms with Gasteiger partial charge in [0.2, 0.25) is 0 Å². The number of hydrogen-bond acceptors (Lipinski definition) is 3. The molecule has 1 aromatic heterocycles. The molecule has 0 aliphatic carbocycles. The summed E-state index contributed by atoms with van der Waals surface area (Å²) in [6, 6.07) is 0.482. The number of hydrogen-bond donors (Lipinski definition) is 0. The molecule has 0 N–H and O–H groups in total. The molecule has 0 fully saturated rings. The Balaban J connectivity index is 2.55. The maximum atomic E-state index is 5.73. The van der Waals surface area contributed by atoms with Crippen LogP contribution in [0.4, 0.5) is 0 Å². The lowest BCUT2D eigenvalue weighted by atomic mass is 10.3. The highest BCUT2D eigenvalue weighted by atomic mass is 35.5. The summed E-state index contributed by atoms with van der Waals surface area (Å²) in [5.74, 6) is 0.651. The number of aromatic nitrogens is 3. The molecule has 1 aromatic rings. The molecule has 0 radical (unpaired) electrons. The first-order valence-corrected chi connectivity index (χ1v) is 5.32. The van der Waals surface area contributed by atoms with Gasteiger partial charge in [-0.25, -0.2) is 0 Å². The van der Waals surface area contributed by atoms with Crippen molar-refractivity contribution in [2.45, 2.75) is 26.4 Å². The highest BCUT2D eigenvalue weighted by Gasteiger charge is 2.10. The van der Waals surface area contributed by atoms with Crippen LogP contribution in [0, 0.1) is 0 Å². The number of alkyl halides is 1. The summed E-state index contributed by atoms with van der Waals surface area (Å²) in [4.78, 5) is 2.27. The van der Waals surface area contributed by atoms with Gasteiger partial charge in [-0.15, -0.1) is 16.7 Å². The first-order valence-electron chi connectivity index (χ1n) is 4.78. The van der Waals surface area contributed by atoms with Crippen LogP contribution in [-0.2, 0) is 13.6 Å². The summed E-state index contributed by atoms with van der Waals surface area (Å²) < 4.78 is 1.72. The van der Waals surface area contributed by atoms with Gasteiger partial charge in [-0.3, -0.25) is 9.58 Å². The lowest BCUT2D eigenvalue weighted by molar-refractivity contribution is 0.223. The highest BCUT2D eigenvalue weighted by Crippen LogP contribution is 2.05. The van der Waals surface area contributed by atoms with E-state index >= 15 is 0 Å². The van der Waals surface area contributed by atoms with Crippen LogP contribution in [0.15, 0.2) is 6.20 Å². The Morgan fingerprint density at radius 1 is 1.57 bits per heavy atom. The van der Waals surface area contributed by atoms with Crippen molar-refractivity contribution in [1.82, 2.24) is 19.9 Å². The van der Waals surface area contributed by atoms with Crippen LogP contribution in [-0.4, -0.2) is 38.4 Å². The molecule has 14 heavy (non-hydrogen) atoms. The largest absolute Gasteiger partial charge is 0.294 e. The van der Waals surface area contributed by atoms with Gasteiger partial charge < -0.3 is 0 Å². The lowest BCUT2D eigenvalue weighted by Crippen LogP contribution is -2.32.